The molecule has 0 unspecified atom stereocenters. The zero-order valence-corrected chi connectivity index (χ0v) is 10.5. The molecule has 4 nitrogen and oxygen atoms in total. The van der Waals surface area contributed by atoms with Gasteiger partial charge in [0.05, 0.1) is 13.2 Å². The van der Waals surface area contributed by atoms with Gasteiger partial charge in [-0.15, -0.1) is 0 Å². The average molecular weight is 223 g/mol. The number of rotatable bonds is 8. The Kier molecular flexibility index (Phi) is 7.47. The van der Waals surface area contributed by atoms with Crippen LogP contribution >= 0.6 is 7.75 Å². The average Bonchev–Trinajstić information content (AvgIpc) is 2.22. The van der Waals surface area contributed by atoms with Gasteiger partial charge in [-0.25, -0.2) is 9.24 Å². The lowest BCUT2D eigenvalue weighted by molar-refractivity contribution is 0.166. The SMILES string of the molecule is CCCOP(=O)(OCCC)N(C)CC. The van der Waals surface area contributed by atoms with Crippen molar-refractivity contribution >= 4 is 7.75 Å². The molecule has 0 aromatic heterocycles. The monoisotopic (exact) mass is 223 g/mol. The Morgan fingerprint density at radius 1 is 1.07 bits per heavy atom. The van der Waals surface area contributed by atoms with Crippen LogP contribution in [0.2, 0.25) is 0 Å². The summed E-state index contributed by atoms with van der Waals surface area (Å²) in [5.41, 5.74) is 0. The van der Waals surface area contributed by atoms with E-state index in [1.165, 1.54) is 0 Å². The summed E-state index contributed by atoms with van der Waals surface area (Å²) in [5, 5.41) is 0. The Balaban J connectivity index is 4.25. The molecule has 0 aliphatic carbocycles. The lowest BCUT2D eigenvalue weighted by atomic mass is 10.5. The van der Waals surface area contributed by atoms with Crippen LogP contribution in [0.25, 0.3) is 0 Å². The van der Waals surface area contributed by atoms with Crippen molar-refractivity contribution in [1.29, 1.82) is 0 Å². The molecule has 0 rings (SSSR count). The van der Waals surface area contributed by atoms with E-state index < -0.39 is 7.75 Å². The molecule has 0 heterocycles. The molecule has 0 bridgehead atoms. The largest absolute Gasteiger partial charge is 0.407 e. The fourth-order valence-electron chi connectivity index (χ4n) is 0.821. The summed E-state index contributed by atoms with van der Waals surface area (Å²) >= 11 is 0. The maximum Gasteiger partial charge on any atom is 0.407 e. The minimum Gasteiger partial charge on any atom is -0.297 e. The topological polar surface area (TPSA) is 38.8 Å². The van der Waals surface area contributed by atoms with Crippen molar-refractivity contribution in [2.24, 2.45) is 0 Å². The third-order valence-electron chi connectivity index (χ3n) is 1.79. The molecule has 0 aliphatic heterocycles. The normalized spacial score (nSPS) is 12.4. The fraction of sp³-hybridized carbons (Fsp3) is 1.00. The Morgan fingerprint density at radius 2 is 1.50 bits per heavy atom. The molecule has 86 valence electrons. The van der Waals surface area contributed by atoms with Crippen LogP contribution < -0.4 is 0 Å². The van der Waals surface area contributed by atoms with Gasteiger partial charge in [-0.1, -0.05) is 20.8 Å². The highest BCUT2D eigenvalue weighted by atomic mass is 31.2. The summed E-state index contributed by atoms with van der Waals surface area (Å²) in [6.45, 7) is 7.50. The summed E-state index contributed by atoms with van der Waals surface area (Å²) in [4.78, 5) is 0. The third-order valence-corrected chi connectivity index (χ3v) is 3.93. The first-order valence-corrected chi connectivity index (χ1v) is 6.71. The van der Waals surface area contributed by atoms with E-state index in [-0.39, 0.29) is 0 Å². The van der Waals surface area contributed by atoms with Gasteiger partial charge in [-0.05, 0) is 19.9 Å². The summed E-state index contributed by atoms with van der Waals surface area (Å²) in [5.74, 6) is 0. The van der Waals surface area contributed by atoms with Gasteiger partial charge in [0, 0.05) is 6.54 Å². The van der Waals surface area contributed by atoms with Crippen LogP contribution in [0.1, 0.15) is 33.6 Å². The van der Waals surface area contributed by atoms with E-state index in [2.05, 4.69) is 0 Å². The van der Waals surface area contributed by atoms with Gasteiger partial charge < -0.3 is 0 Å². The molecular weight excluding hydrogens is 201 g/mol. The van der Waals surface area contributed by atoms with E-state index in [4.69, 9.17) is 9.05 Å². The predicted molar refractivity (Wildman–Crippen MR) is 58.4 cm³/mol. The highest BCUT2D eigenvalue weighted by Gasteiger charge is 2.28. The molecule has 0 aliphatic rings. The number of hydrogen-bond acceptors (Lipinski definition) is 3. The van der Waals surface area contributed by atoms with Crippen molar-refractivity contribution in [3.63, 3.8) is 0 Å². The van der Waals surface area contributed by atoms with Crippen LogP contribution in [0.4, 0.5) is 0 Å². The van der Waals surface area contributed by atoms with E-state index in [0.717, 1.165) is 12.8 Å². The second-order valence-corrected chi connectivity index (χ2v) is 5.25. The molecule has 0 aromatic rings. The van der Waals surface area contributed by atoms with Gasteiger partial charge in [0.15, 0.2) is 0 Å². The summed E-state index contributed by atoms with van der Waals surface area (Å²) < 4.78 is 24.4. The zero-order chi connectivity index (χ0) is 11.0. The summed E-state index contributed by atoms with van der Waals surface area (Å²) in [6, 6.07) is 0. The molecule has 0 radical (unpaired) electrons. The molecule has 0 aromatic carbocycles. The smallest absolute Gasteiger partial charge is 0.297 e. The Labute approximate surface area is 87.2 Å². The van der Waals surface area contributed by atoms with Gasteiger partial charge >= 0.3 is 7.75 Å². The van der Waals surface area contributed by atoms with E-state index in [9.17, 15) is 4.57 Å². The Morgan fingerprint density at radius 3 is 1.79 bits per heavy atom. The molecule has 0 spiro atoms. The second kappa shape index (κ2) is 7.41. The minimum absolute atomic E-state index is 0.478. The number of hydrogen-bond donors (Lipinski definition) is 0. The number of nitrogens with zero attached hydrogens (tertiary/aromatic N) is 1. The third kappa shape index (κ3) is 4.56. The highest BCUT2D eigenvalue weighted by Crippen LogP contribution is 2.50. The van der Waals surface area contributed by atoms with Gasteiger partial charge in [0.25, 0.3) is 0 Å². The molecule has 0 saturated carbocycles. The predicted octanol–water partition coefficient (Wildman–Crippen LogP) is 2.90. The molecule has 0 N–H and O–H groups in total. The van der Waals surface area contributed by atoms with Crippen molar-refractivity contribution in [3.05, 3.63) is 0 Å². The van der Waals surface area contributed by atoms with Crippen LogP contribution in [-0.4, -0.2) is 31.5 Å². The highest BCUT2D eigenvalue weighted by molar-refractivity contribution is 7.51. The van der Waals surface area contributed by atoms with Crippen molar-refractivity contribution in [1.82, 2.24) is 4.67 Å². The summed E-state index contributed by atoms with van der Waals surface area (Å²) in [6.07, 6.45) is 1.69. The van der Waals surface area contributed by atoms with Crippen molar-refractivity contribution in [2.45, 2.75) is 33.6 Å². The van der Waals surface area contributed by atoms with Crippen LogP contribution in [0.5, 0.6) is 0 Å². The lowest BCUT2D eigenvalue weighted by Crippen LogP contribution is -2.18. The van der Waals surface area contributed by atoms with Crippen LogP contribution in [0.3, 0.4) is 0 Å². The lowest BCUT2D eigenvalue weighted by Gasteiger charge is -2.25. The zero-order valence-electron chi connectivity index (χ0n) is 9.65. The molecule has 14 heavy (non-hydrogen) atoms. The van der Waals surface area contributed by atoms with Crippen molar-refractivity contribution in [3.8, 4) is 0 Å². The first-order chi connectivity index (χ1) is 6.60. The molecule has 0 amide bonds. The van der Waals surface area contributed by atoms with Crippen molar-refractivity contribution in [2.75, 3.05) is 26.8 Å². The van der Waals surface area contributed by atoms with Crippen LogP contribution in [-0.2, 0) is 13.6 Å². The van der Waals surface area contributed by atoms with Gasteiger partial charge in [0.1, 0.15) is 0 Å². The van der Waals surface area contributed by atoms with Gasteiger partial charge in [-0.2, -0.15) is 0 Å². The minimum atomic E-state index is -3.01. The molecular formula is C9H22NO3P. The first-order valence-electron chi connectivity index (χ1n) is 5.21. The van der Waals surface area contributed by atoms with E-state index in [1.54, 1.807) is 11.7 Å². The maximum absolute atomic E-state index is 12.1. The molecule has 0 atom stereocenters. The second-order valence-electron chi connectivity index (χ2n) is 3.11. The fourth-order valence-corrected chi connectivity index (χ4v) is 2.46. The van der Waals surface area contributed by atoms with Crippen LogP contribution in [0.15, 0.2) is 0 Å². The molecule has 0 saturated heterocycles. The maximum atomic E-state index is 12.1. The van der Waals surface area contributed by atoms with Crippen LogP contribution in [0, 0.1) is 0 Å². The van der Waals surface area contributed by atoms with Gasteiger partial charge in [-0.3, -0.25) is 9.05 Å². The first kappa shape index (κ1) is 14.1. The molecule has 5 heteroatoms. The van der Waals surface area contributed by atoms with Gasteiger partial charge in [0.2, 0.25) is 0 Å². The summed E-state index contributed by atoms with van der Waals surface area (Å²) in [7, 11) is -1.25. The Bertz CT molecular complexity index is 175. The van der Waals surface area contributed by atoms with E-state index in [0.29, 0.717) is 19.8 Å². The Hall–Kier alpha value is 0.110. The van der Waals surface area contributed by atoms with Crippen molar-refractivity contribution < 1.29 is 13.6 Å². The van der Waals surface area contributed by atoms with E-state index in [1.807, 2.05) is 20.8 Å². The van der Waals surface area contributed by atoms with E-state index >= 15 is 0 Å². The quantitative estimate of drug-likeness (QED) is 0.593. The standard InChI is InChI=1S/C9H22NO3P/c1-5-8-12-14(11,10(4)7-3)13-9-6-2/h5-9H2,1-4H3. The molecule has 0 fully saturated rings.